The maximum atomic E-state index is 13.1. The normalized spacial score (nSPS) is 19.8. The Kier molecular flexibility index (Phi) is 6.78. The highest BCUT2D eigenvalue weighted by Gasteiger charge is 2.49. The average molecular weight is 470 g/mol. The number of benzene rings is 2. The summed E-state index contributed by atoms with van der Waals surface area (Å²) in [6, 6.07) is 12.7. The number of nitrogens with one attached hydrogen (secondary N) is 2. The third-order valence-corrected chi connectivity index (χ3v) is 6.63. The lowest BCUT2D eigenvalue weighted by molar-refractivity contribution is -0.134. The van der Waals surface area contributed by atoms with E-state index >= 15 is 0 Å². The second-order valence-electron chi connectivity index (χ2n) is 8.17. The standard InChI is InChI=1S/C24H27N3O5S/c1-16-4-7-18(8-5-16)33-13-10-25-21(28)15-27-22(29)24(2,26-23(27)30)17-6-9-19-20(14-17)32-12-3-11-31-19/h4-9,14H,3,10-13,15H2,1-2H3,(H,25,28)(H,26,30). The number of hydrogen-bond acceptors (Lipinski definition) is 6. The first kappa shape index (κ1) is 23.0. The van der Waals surface area contributed by atoms with E-state index in [0.717, 1.165) is 16.2 Å². The van der Waals surface area contributed by atoms with Crippen LogP contribution in [-0.4, -0.2) is 54.8 Å². The molecule has 2 aromatic rings. The highest BCUT2D eigenvalue weighted by Crippen LogP contribution is 2.36. The second-order valence-corrected chi connectivity index (χ2v) is 9.34. The predicted octanol–water partition coefficient (Wildman–Crippen LogP) is 2.83. The maximum absolute atomic E-state index is 13.1. The van der Waals surface area contributed by atoms with Crippen LogP contribution in [0, 0.1) is 6.92 Å². The van der Waals surface area contributed by atoms with E-state index in [-0.39, 0.29) is 12.5 Å². The fourth-order valence-electron chi connectivity index (χ4n) is 3.70. The molecule has 2 heterocycles. The van der Waals surface area contributed by atoms with E-state index < -0.39 is 17.5 Å². The molecule has 2 aliphatic rings. The summed E-state index contributed by atoms with van der Waals surface area (Å²) in [5, 5.41) is 5.50. The first-order valence-corrected chi connectivity index (χ1v) is 11.9. The van der Waals surface area contributed by atoms with Crippen LogP contribution in [0.15, 0.2) is 47.4 Å². The molecule has 2 aromatic carbocycles. The number of carbonyl (C=O) groups is 3. The molecule has 8 nitrogen and oxygen atoms in total. The summed E-state index contributed by atoms with van der Waals surface area (Å²) in [6.07, 6.45) is 0.767. The highest BCUT2D eigenvalue weighted by atomic mass is 32.2. The van der Waals surface area contributed by atoms with Gasteiger partial charge in [-0.1, -0.05) is 23.8 Å². The Labute approximate surface area is 197 Å². The van der Waals surface area contributed by atoms with Crippen molar-refractivity contribution in [1.82, 2.24) is 15.5 Å². The zero-order valence-electron chi connectivity index (χ0n) is 18.7. The molecule has 9 heteroatoms. The number of thioether (sulfide) groups is 1. The van der Waals surface area contributed by atoms with Gasteiger partial charge in [-0.25, -0.2) is 4.79 Å². The number of ether oxygens (including phenoxy) is 2. The number of nitrogens with zero attached hydrogens (tertiary/aromatic N) is 1. The quantitative estimate of drug-likeness (QED) is 0.368. The van der Waals surface area contributed by atoms with Crippen molar-refractivity contribution in [2.24, 2.45) is 0 Å². The van der Waals surface area contributed by atoms with Crippen molar-refractivity contribution < 1.29 is 23.9 Å². The van der Waals surface area contributed by atoms with Gasteiger partial charge in [-0.15, -0.1) is 11.8 Å². The molecular formula is C24H27N3O5S. The summed E-state index contributed by atoms with van der Waals surface area (Å²) in [6.45, 7) is 4.83. The smallest absolute Gasteiger partial charge is 0.325 e. The van der Waals surface area contributed by atoms with E-state index in [9.17, 15) is 14.4 Å². The van der Waals surface area contributed by atoms with E-state index in [1.54, 1.807) is 36.9 Å². The SMILES string of the molecule is Cc1ccc(SCCNC(=O)CN2C(=O)NC(C)(c3ccc4c(c3)OCCCO4)C2=O)cc1. The van der Waals surface area contributed by atoms with Gasteiger partial charge in [0.2, 0.25) is 5.91 Å². The zero-order chi connectivity index (χ0) is 23.4. The summed E-state index contributed by atoms with van der Waals surface area (Å²) in [5.41, 5.74) is 0.478. The molecular weight excluding hydrogens is 442 g/mol. The van der Waals surface area contributed by atoms with Crippen molar-refractivity contribution in [2.45, 2.75) is 30.7 Å². The number of amides is 4. The first-order valence-electron chi connectivity index (χ1n) is 10.9. The van der Waals surface area contributed by atoms with Crippen LogP contribution in [0.25, 0.3) is 0 Å². The van der Waals surface area contributed by atoms with Gasteiger partial charge in [0.15, 0.2) is 11.5 Å². The van der Waals surface area contributed by atoms with Crippen LogP contribution >= 0.6 is 11.8 Å². The molecule has 1 saturated heterocycles. The minimum atomic E-state index is -1.29. The number of imide groups is 1. The maximum Gasteiger partial charge on any atom is 0.325 e. The molecule has 33 heavy (non-hydrogen) atoms. The molecule has 0 aliphatic carbocycles. The molecule has 0 radical (unpaired) electrons. The van der Waals surface area contributed by atoms with E-state index in [1.807, 2.05) is 31.2 Å². The van der Waals surface area contributed by atoms with Gasteiger partial charge in [0.25, 0.3) is 5.91 Å². The van der Waals surface area contributed by atoms with Gasteiger partial charge in [0.1, 0.15) is 12.1 Å². The summed E-state index contributed by atoms with van der Waals surface area (Å²) in [7, 11) is 0. The third kappa shape index (κ3) is 5.08. The van der Waals surface area contributed by atoms with Crippen LogP contribution in [0.3, 0.4) is 0 Å². The summed E-state index contributed by atoms with van der Waals surface area (Å²) in [4.78, 5) is 40.2. The topological polar surface area (TPSA) is 97.0 Å². The molecule has 0 spiro atoms. The molecule has 1 atom stereocenters. The Morgan fingerprint density at radius 1 is 1.12 bits per heavy atom. The Balaban J connectivity index is 1.34. The fourth-order valence-corrected chi connectivity index (χ4v) is 4.47. The third-order valence-electron chi connectivity index (χ3n) is 5.62. The largest absolute Gasteiger partial charge is 0.490 e. The molecule has 4 rings (SSSR count). The van der Waals surface area contributed by atoms with Crippen molar-refractivity contribution in [3.63, 3.8) is 0 Å². The van der Waals surface area contributed by atoms with Crippen LogP contribution in [-0.2, 0) is 15.1 Å². The first-order chi connectivity index (χ1) is 15.9. The van der Waals surface area contributed by atoms with Crippen molar-refractivity contribution in [2.75, 3.05) is 32.1 Å². The van der Waals surface area contributed by atoms with Crippen LogP contribution < -0.4 is 20.1 Å². The van der Waals surface area contributed by atoms with Crippen molar-refractivity contribution in [3.05, 3.63) is 53.6 Å². The van der Waals surface area contributed by atoms with Gasteiger partial charge in [-0.05, 0) is 43.7 Å². The lowest BCUT2D eigenvalue weighted by atomic mass is 9.91. The number of hydrogen-bond donors (Lipinski definition) is 2. The average Bonchev–Trinajstić information content (AvgIpc) is 2.96. The molecule has 1 unspecified atom stereocenters. The van der Waals surface area contributed by atoms with Crippen molar-refractivity contribution in [3.8, 4) is 11.5 Å². The lowest BCUT2D eigenvalue weighted by Crippen LogP contribution is -2.43. The molecule has 2 aliphatic heterocycles. The zero-order valence-corrected chi connectivity index (χ0v) is 19.5. The van der Waals surface area contributed by atoms with Crippen LogP contribution in [0.1, 0.15) is 24.5 Å². The number of urea groups is 1. The van der Waals surface area contributed by atoms with Crippen molar-refractivity contribution in [1.29, 1.82) is 0 Å². The Morgan fingerprint density at radius 3 is 2.61 bits per heavy atom. The summed E-state index contributed by atoms with van der Waals surface area (Å²) < 4.78 is 11.3. The monoisotopic (exact) mass is 469 g/mol. The van der Waals surface area contributed by atoms with Gasteiger partial charge >= 0.3 is 6.03 Å². The van der Waals surface area contributed by atoms with Gasteiger partial charge in [-0.3, -0.25) is 14.5 Å². The minimum absolute atomic E-state index is 0.333. The second kappa shape index (κ2) is 9.74. The van der Waals surface area contributed by atoms with E-state index in [1.165, 1.54) is 5.56 Å². The van der Waals surface area contributed by atoms with Crippen LogP contribution in [0.5, 0.6) is 11.5 Å². The molecule has 174 valence electrons. The molecule has 0 aromatic heterocycles. The fraction of sp³-hybridized carbons (Fsp3) is 0.375. The van der Waals surface area contributed by atoms with Crippen molar-refractivity contribution >= 4 is 29.6 Å². The summed E-state index contributed by atoms with van der Waals surface area (Å²) >= 11 is 1.63. The molecule has 2 N–H and O–H groups in total. The van der Waals surface area contributed by atoms with Crippen LogP contribution in [0.4, 0.5) is 4.79 Å². The van der Waals surface area contributed by atoms with Gasteiger partial charge < -0.3 is 20.1 Å². The lowest BCUT2D eigenvalue weighted by Gasteiger charge is -2.23. The number of rotatable bonds is 7. The molecule has 1 fully saturated rings. The molecule has 0 bridgehead atoms. The summed E-state index contributed by atoms with van der Waals surface area (Å²) in [5.74, 6) is 0.966. The van der Waals surface area contributed by atoms with E-state index in [0.29, 0.717) is 42.6 Å². The Morgan fingerprint density at radius 2 is 1.85 bits per heavy atom. The highest BCUT2D eigenvalue weighted by molar-refractivity contribution is 7.99. The predicted molar refractivity (Wildman–Crippen MR) is 125 cm³/mol. The number of fused-ring (bicyclic) bond motifs is 1. The minimum Gasteiger partial charge on any atom is -0.490 e. The molecule has 0 saturated carbocycles. The Bertz CT molecular complexity index is 1060. The van der Waals surface area contributed by atoms with Gasteiger partial charge in [0.05, 0.1) is 13.2 Å². The number of carbonyl (C=O) groups excluding carboxylic acids is 3. The van der Waals surface area contributed by atoms with E-state index in [2.05, 4.69) is 10.6 Å². The number of aryl methyl sites for hydroxylation is 1. The van der Waals surface area contributed by atoms with Gasteiger partial charge in [-0.2, -0.15) is 0 Å². The van der Waals surface area contributed by atoms with Gasteiger partial charge in [0, 0.05) is 23.6 Å². The Hall–Kier alpha value is -3.20. The van der Waals surface area contributed by atoms with E-state index in [4.69, 9.17) is 9.47 Å². The van der Waals surface area contributed by atoms with Crippen LogP contribution in [0.2, 0.25) is 0 Å². The molecule has 4 amide bonds.